The van der Waals surface area contributed by atoms with Gasteiger partial charge in [-0.3, -0.25) is 0 Å². The smallest absolute Gasteiger partial charge is 0.183 e. The normalized spacial score (nSPS) is 10.9. The second kappa shape index (κ2) is 5.84. The first kappa shape index (κ1) is 12.1. The third-order valence-corrected chi connectivity index (χ3v) is 3.33. The van der Waals surface area contributed by atoms with Gasteiger partial charge in [0.05, 0.1) is 10.2 Å². The lowest BCUT2D eigenvalue weighted by atomic mass is 10.3. The molecule has 0 bridgehead atoms. The molecule has 1 heterocycles. The lowest BCUT2D eigenvalue weighted by Gasteiger charge is -2.01. The molecule has 3 N–H and O–H groups in total. The zero-order valence-electron chi connectivity index (χ0n) is 9.90. The fourth-order valence-electron chi connectivity index (χ4n) is 1.53. The van der Waals surface area contributed by atoms with E-state index in [4.69, 9.17) is 10.5 Å². The topological polar surface area (TPSA) is 60.2 Å². The number of rotatable bonds is 6. The molecule has 0 spiro atoms. The van der Waals surface area contributed by atoms with E-state index in [1.165, 1.54) is 0 Å². The van der Waals surface area contributed by atoms with Crippen LogP contribution in [0.15, 0.2) is 18.2 Å². The van der Waals surface area contributed by atoms with E-state index in [-0.39, 0.29) is 0 Å². The minimum Gasteiger partial charge on any atom is -0.399 e. The number of fused-ring (bicyclic) bond motifs is 1. The largest absolute Gasteiger partial charge is 0.399 e. The van der Waals surface area contributed by atoms with Gasteiger partial charge < -0.3 is 15.8 Å². The van der Waals surface area contributed by atoms with Crippen molar-refractivity contribution in [1.82, 2.24) is 4.98 Å². The van der Waals surface area contributed by atoms with Gasteiger partial charge in [-0.25, -0.2) is 4.98 Å². The molecule has 17 heavy (non-hydrogen) atoms. The Morgan fingerprint density at radius 3 is 3.18 bits per heavy atom. The van der Waals surface area contributed by atoms with Gasteiger partial charge in [-0.15, -0.1) is 0 Å². The van der Waals surface area contributed by atoms with E-state index in [0.29, 0.717) is 0 Å². The molecule has 1 aromatic carbocycles. The van der Waals surface area contributed by atoms with E-state index in [2.05, 4.69) is 10.3 Å². The summed E-state index contributed by atoms with van der Waals surface area (Å²) in [7, 11) is 0. The van der Waals surface area contributed by atoms with Crippen molar-refractivity contribution in [3.8, 4) is 0 Å². The van der Waals surface area contributed by atoms with Crippen LogP contribution in [-0.4, -0.2) is 24.7 Å². The van der Waals surface area contributed by atoms with Crippen LogP contribution in [0.25, 0.3) is 10.2 Å². The number of thiazole rings is 1. The molecular weight excluding hydrogens is 234 g/mol. The van der Waals surface area contributed by atoms with Crippen LogP contribution in [0.5, 0.6) is 0 Å². The molecule has 0 amide bonds. The highest BCUT2D eigenvalue weighted by molar-refractivity contribution is 7.22. The Hall–Kier alpha value is -1.33. The average Bonchev–Trinajstić information content (AvgIpc) is 2.70. The van der Waals surface area contributed by atoms with Crippen molar-refractivity contribution < 1.29 is 4.74 Å². The number of nitrogen functional groups attached to an aromatic ring is 1. The zero-order valence-corrected chi connectivity index (χ0v) is 10.7. The van der Waals surface area contributed by atoms with Gasteiger partial charge >= 0.3 is 0 Å². The van der Waals surface area contributed by atoms with Crippen LogP contribution in [0.1, 0.15) is 13.3 Å². The quantitative estimate of drug-likeness (QED) is 0.612. The number of nitrogens with one attached hydrogen (secondary N) is 1. The molecule has 0 saturated carbocycles. The van der Waals surface area contributed by atoms with Crippen LogP contribution < -0.4 is 11.1 Å². The Labute approximate surface area is 105 Å². The summed E-state index contributed by atoms with van der Waals surface area (Å²) in [6.07, 6.45) is 0.992. The molecule has 0 aliphatic rings. The van der Waals surface area contributed by atoms with Crippen LogP contribution in [0.4, 0.5) is 10.8 Å². The number of benzene rings is 1. The minimum absolute atomic E-state index is 0.778. The number of hydrogen-bond acceptors (Lipinski definition) is 5. The monoisotopic (exact) mass is 251 g/mol. The Kier molecular flexibility index (Phi) is 4.17. The van der Waals surface area contributed by atoms with E-state index in [1.54, 1.807) is 11.3 Å². The van der Waals surface area contributed by atoms with Crippen molar-refractivity contribution >= 4 is 32.4 Å². The van der Waals surface area contributed by atoms with Gasteiger partial charge in [0.2, 0.25) is 0 Å². The predicted octanol–water partition coefficient (Wildman–Crippen LogP) is 2.72. The van der Waals surface area contributed by atoms with E-state index >= 15 is 0 Å². The first-order chi connectivity index (χ1) is 8.29. The van der Waals surface area contributed by atoms with Crippen molar-refractivity contribution in [2.75, 3.05) is 30.8 Å². The standard InChI is InChI=1S/C12H17N3OS/c1-2-16-7-3-6-14-12-15-10-5-4-9(13)8-11(10)17-12/h4-5,8H,2-3,6-7,13H2,1H3,(H,14,15). The average molecular weight is 251 g/mol. The van der Waals surface area contributed by atoms with Gasteiger partial charge in [-0.2, -0.15) is 0 Å². The van der Waals surface area contributed by atoms with Gasteiger partial charge in [0.15, 0.2) is 5.13 Å². The summed E-state index contributed by atoms with van der Waals surface area (Å²) in [5.74, 6) is 0. The number of hydrogen-bond donors (Lipinski definition) is 2. The molecule has 1 aromatic heterocycles. The van der Waals surface area contributed by atoms with Gasteiger partial charge in [-0.1, -0.05) is 11.3 Å². The lowest BCUT2D eigenvalue weighted by molar-refractivity contribution is 0.147. The van der Waals surface area contributed by atoms with Crippen LogP contribution in [0.2, 0.25) is 0 Å². The van der Waals surface area contributed by atoms with Crippen molar-refractivity contribution in [3.05, 3.63) is 18.2 Å². The molecule has 5 heteroatoms. The maximum absolute atomic E-state index is 5.73. The third-order valence-electron chi connectivity index (χ3n) is 2.36. The summed E-state index contributed by atoms with van der Waals surface area (Å²) >= 11 is 1.63. The summed E-state index contributed by atoms with van der Waals surface area (Å²) < 4.78 is 6.40. The Morgan fingerprint density at radius 2 is 2.35 bits per heavy atom. The molecule has 0 saturated heterocycles. The summed E-state index contributed by atoms with van der Waals surface area (Å²) in [5, 5.41) is 4.25. The second-order valence-corrected chi connectivity index (χ2v) is 4.75. The number of ether oxygens (including phenoxy) is 1. The maximum Gasteiger partial charge on any atom is 0.183 e. The summed E-state index contributed by atoms with van der Waals surface area (Å²) in [6, 6.07) is 5.78. The second-order valence-electron chi connectivity index (χ2n) is 3.72. The molecule has 0 aliphatic heterocycles. The highest BCUT2D eigenvalue weighted by Gasteiger charge is 2.02. The Bertz CT molecular complexity index is 484. The fraction of sp³-hybridized carbons (Fsp3) is 0.417. The zero-order chi connectivity index (χ0) is 12.1. The van der Waals surface area contributed by atoms with E-state index in [1.807, 2.05) is 25.1 Å². The molecule has 0 radical (unpaired) electrons. The Balaban J connectivity index is 1.91. The van der Waals surface area contributed by atoms with Crippen molar-refractivity contribution in [3.63, 3.8) is 0 Å². The number of anilines is 2. The van der Waals surface area contributed by atoms with Gasteiger partial charge in [0, 0.05) is 25.4 Å². The molecule has 4 nitrogen and oxygen atoms in total. The Morgan fingerprint density at radius 1 is 1.47 bits per heavy atom. The minimum atomic E-state index is 0.778. The predicted molar refractivity (Wildman–Crippen MR) is 73.6 cm³/mol. The molecule has 0 aliphatic carbocycles. The van der Waals surface area contributed by atoms with Gasteiger partial charge in [-0.05, 0) is 31.5 Å². The first-order valence-electron chi connectivity index (χ1n) is 5.77. The van der Waals surface area contributed by atoms with Crippen molar-refractivity contribution in [1.29, 1.82) is 0 Å². The SMILES string of the molecule is CCOCCCNc1nc2ccc(N)cc2s1. The number of nitrogens with zero attached hydrogens (tertiary/aromatic N) is 1. The molecule has 2 rings (SSSR count). The highest BCUT2D eigenvalue weighted by atomic mass is 32.1. The lowest BCUT2D eigenvalue weighted by Crippen LogP contribution is -2.05. The summed E-state index contributed by atoms with van der Waals surface area (Å²) in [5.41, 5.74) is 7.51. The van der Waals surface area contributed by atoms with Crippen molar-refractivity contribution in [2.45, 2.75) is 13.3 Å². The number of aromatic nitrogens is 1. The first-order valence-corrected chi connectivity index (χ1v) is 6.59. The van der Waals surface area contributed by atoms with Crippen molar-refractivity contribution in [2.24, 2.45) is 0 Å². The summed E-state index contributed by atoms with van der Waals surface area (Å²) in [6.45, 7) is 4.46. The molecule has 0 unspecified atom stereocenters. The van der Waals surface area contributed by atoms with Gasteiger partial charge in [0.25, 0.3) is 0 Å². The van der Waals surface area contributed by atoms with Crippen LogP contribution in [0.3, 0.4) is 0 Å². The van der Waals surface area contributed by atoms with Crippen LogP contribution in [-0.2, 0) is 4.74 Å². The van der Waals surface area contributed by atoms with E-state index in [0.717, 1.165) is 47.2 Å². The summed E-state index contributed by atoms with van der Waals surface area (Å²) in [4.78, 5) is 4.48. The van der Waals surface area contributed by atoms with Crippen LogP contribution >= 0.6 is 11.3 Å². The molecular formula is C12H17N3OS. The van der Waals surface area contributed by atoms with E-state index in [9.17, 15) is 0 Å². The van der Waals surface area contributed by atoms with Gasteiger partial charge in [0.1, 0.15) is 0 Å². The maximum atomic E-state index is 5.73. The highest BCUT2D eigenvalue weighted by Crippen LogP contribution is 2.27. The number of nitrogens with two attached hydrogens (primary N) is 1. The molecule has 92 valence electrons. The molecule has 2 aromatic rings. The molecule has 0 atom stereocenters. The fourth-order valence-corrected chi connectivity index (χ4v) is 2.47. The third kappa shape index (κ3) is 3.31. The van der Waals surface area contributed by atoms with Crippen LogP contribution in [0, 0.1) is 0 Å². The molecule has 0 fully saturated rings. The van der Waals surface area contributed by atoms with E-state index < -0.39 is 0 Å².